The van der Waals surface area contributed by atoms with E-state index in [1.54, 1.807) is 0 Å². The van der Waals surface area contributed by atoms with Gasteiger partial charge in [-0.1, -0.05) is 15.9 Å². The van der Waals surface area contributed by atoms with Crippen LogP contribution in [0.15, 0.2) is 0 Å². The largest absolute Gasteiger partial charge is 0.378 e. The van der Waals surface area contributed by atoms with Gasteiger partial charge in [-0.25, -0.2) is 0 Å². The lowest BCUT2D eigenvalue weighted by Gasteiger charge is -2.25. The SMILES string of the molecule is C[C@H]1C[C@H](CBr)CCO1. The van der Waals surface area contributed by atoms with Gasteiger partial charge in [0.15, 0.2) is 0 Å². The Bertz CT molecular complexity index is 85.0. The van der Waals surface area contributed by atoms with Gasteiger partial charge in [0.05, 0.1) is 6.10 Å². The molecule has 0 bridgehead atoms. The molecular formula is C7H13BrO. The quantitative estimate of drug-likeness (QED) is 0.580. The van der Waals surface area contributed by atoms with Gasteiger partial charge in [-0.15, -0.1) is 0 Å². The number of hydrogen-bond donors (Lipinski definition) is 0. The number of alkyl halides is 1. The van der Waals surface area contributed by atoms with Crippen molar-refractivity contribution >= 4 is 15.9 Å². The van der Waals surface area contributed by atoms with Crippen LogP contribution < -0.4 is 0 Å². The van der Waals surface area contributed by atoms with E-state index in [4.69, 9.17) is 4.74 Å². The van der Waals surface area contributed by atoms with E-state index in [-0.39, 0.29) is 0 Å². The number of ether oxygens (including phenoxy) is 1. The van der Waals surface area contributed by atoms with Gasteiger partial charge in [0.2, 0.25) is 0 Å². The van der Waals surface area contributed by atoms with Gasteiger partial charge in [0, 0.05) is 11.9 Å². The molecule has 0 aromatic carbocycles. The molecule has 54 valence electrons. The van der Waals surface area contributed by atoms with E-state index in [1.807, 2.05) is 0 Å². The van der Waals surface area contributed by atoms with Crippen LogP contribution in [-0.2, 0) is 4.74 Å². The molecule has 1 saturated heterocycles. The molecule has 0 aromatic rings. The molecule has 1 aliphatic heterocycles. The zero-order valence-electron chi connectivity index (χ0n) is 5.77. The maximum absolute atomic E-state index is 5.39. The minimum Gasteiger partial charge on any atom is -0.378 e. The molecule has 1 fully saturated rings. The molecule has 9 heavy (non-hydrogen) atoms. The van der Waals surface area contributed by atoms with Crippen LogP contribution in [0, 0.1) is 5.92 Å². The Hall–Kier alpha value is 0.440. The van der Waals surface area contributed by atoms with E-state index in [0.717, 1.165) is 17.9 Å². The second-order valence-electron chi connectivity index (χ2n) is 2.73. The van der Waals surface area contributed by atoms with Gasteiger partial charge >= 0.3 is 0 Å². The van der Waals surface area contributed by atoms with Crippen LogP contribution in [0.3, 0.4) is 0 Å². The molecule has 2 atom stereocenters. The molecule has 2 heteroatoms. The second-order valence-corrected chi connectivity index (χ2v) is 3.37. The molecule has 0 spiro atoms. The molecule has 0 unspecified atom stereocenters. The Labute approximate surface area is 64.9 Å². The van der Waals surface area contributed by atoms with Crippen LogP contribution >= 0.6 is 15.9 Å². The third-order valence-electron chi connectivity index (χ3n) is 1.81. The minimum absolute atomic E-state index is 0.487. The smallest absolute Gasteiger partial charge is 0.0549 e. The highest BCUT2D eigenvalue weighted by Gasteiger charge is 2.17. The van der Waals surface area contributed by atoms with Crippen molar-refractivity contribution in [2.24, 2.45) is 5.92 Å². The molecule has 1 nitrogen and oxygen atoms in total. The first kappa shape index (κ1) is 7.55. The van der Waals surface area contributed by atoms with Crippen LogP contribution in [0.4, 0.5) is 0 Å². The van der Waals surface area contributed by atoms with Gasteiger partial charge < -0.3 is 4.74 Å². The Morgan fingerprint density at radius 2 is 2.44 bits per heavy atom. The van der Waals surface area contributed by atoms with Gasteiger partial charge in [-0.3, -0.25) is 0 Å². The van der Waals surface area contributed by atoms with Gasteiger partial charge in [0.25, 0.3) is 0 Å². The molecule has 0 saturated carbocycles. The predicted octanol–water partition coefficient (Wildman–Crippen LogP) is 2.20. The second kappa shape index (κ2) is 3.57. The zero-order chi connectivity index (χ0) is 6.69. The van der Waals surface area contributed by atoms with E-state index in [9.17, 15) is 0 Å². The van der Waals surface area contributed by atoms with Gasteiger partial charge in [-0.2, -0.15) is 0 Å². The molecule has 0 aliphatic carbocycles. The maximum Gasteiger partial charge on any atom is 0.0549 e. The van der Waals surface area contributed by atoms with Crippen molar-refractivity contribution in [2.75, 3.05) is 11.9 Å². The summed E-state index contributed by atoms with van der Waals surface area (Å²) < 4.78 is 5.39. The summed E-state index contributed by atoms with van der Waals surface area (Å²) in [6.45, 7) is 3.10. The number of rotatable bonds is 1. The normalized spacial score (nSPS) is 36.7. The fourth-order valence-corrected chi connectivity index (χ4v) is 1.82. The summed E-state index contributed by atoms with van der Waals surface area (Å²) in [5.41, 5.74) is 0. The average Bonchev–Trinajstić information content (AvgIpc) is 1.88. The van der Waals surface area contributed by atoms with Crippen molar-refractivity contribution in [3.8, 4) is 0 Å². The first-order valence-electron chi connectivity index (χ1n) is 3.50. The first-order chi connectivity index (χ1) is 4.33. The summed E-state index contributed by atoms with van der Waals surface area (Å²) in [6, 6.07) is 0. The molecule has 1 heterocycles. The highest BCUT2D eigenvalue weighted by molar-refractivity contribution is 9.09. The van der Waals surface area contributed by atoms with E-state index in [1.165, 1.54) is 12.8 Å². The maximum atomic E-state index is 5.39. The Morgan fingerprint density at radius 3 is 2.89 bits per heavy atom. The molecule has 0 N–H and O–H groups in total. The Balaban J connectivity index is 2.23. The van der Waals surface area contributed by atoms with Crippen LogP contribution in [-0.4, -0.2) is 18.0 Å². The summed E-state index contributed by atoms with van der Waals surface area (Å²) in [4.78, 5) is 0. The fourth-order valence-electron chi connectivity index (χ4n) is 1.23. The first-order valence-corrected chi connectivity index (χ1v) is 4.62. The lowest BCUT2D eigenvalue weighted by Crippen LogP contribution is -2.23. The lowest BCUT2D eigenvalue weighted by atomic mass is 9.99. The van der Waals surface area contributed by atoms with Crippen LogP contribution in [0.1, 0.15) is 19.8 Å². The van der Waals surface area contributed by atoms with Gasteiger partial charge in [-0.05, 0) is 25.7 Å². The van der Waals surface area contributed by atoms with Crippen molar-refractivity contribution in [1.29, 1.82) is 0 Å². The van der Waals surface area contributed by atoms with Crippen molar-refractivity contribution in [1.82, 2.24) is 0 Å². The van der Waals surface area contributed by atoms with Crippen molar-refractivity contribution < 1.29 is 4.74 Å². The van der Waals surface area contributed by atoms with Crippen molar-refractivity contribution in [3.05, 3.63) is 0 Å². The Kier molecular flexibility index (Phi) is 2.99. The monoisotopic (exact) mass is 192 g/mol. The van der Waals surface area contributed by atoms with E-state index in [0.29, 0.717) is 6.10 Å². The third-order valence-corrected chi connectivity index (χ3v) is 2.73. The highest BCUT2D eigenvalue weighted by Crippen LogP contribution is 2.20. The zero-order valence-corrected chi connectivity index (χ0v) is 7.36. The Morgan fingerprint density at radius 1 is 1.67 bits per heavy atom. The summed E-state index contributed by atoms with van der Waals surface area (Å²) >= 11 is 3.48. The summed E-state index contributed by atoms with van der Waals surface area (Å²) in [5.74, 6) is 0.855. The minimum atomic E-state index is 0.487. The van der Waals surface area contributed by atoms with Crippen LogP contribution in [0.2, 0.25) is 0 Å². The molecule has 1 aliphatic rings. The average molecular weight is 193 g/mol. The number of hydrogen-bond acceptors (Lipinski definition) is 1. The van der Waals surface area contributed by atoms with Crippen molar-refractivity contribution in [2.45, 2.75) is 25.9 Å². The lowest BCUT2D eigenvalue weighted by molar-refractivity contribution is 0.00806. The third kappa shape index (κ3) is 2.26. The van der Waals surface area contributed by atoms with E-state index < -0.39 is 0 Å². The molecular weight excluding hydrogens is 180 g/mol. The van der Waals surface area contributed by atoms with Crippen LogP contribution in [0.5, 0.6) is 0 Å². The van der Waals surface area contributed by atoms with Gasteiger partial charge in [0.1, 0.15) is 0 Å². The standard InChI is InChI=1S/C7H13BrO/c1-6-4-7(5-8)2-3-9-6/h6-7H,2-5H2,1H3/t6-,7+/m0/s1. The predicted molar refractivity (Wildman–Crippen MR) is 41.9 cm³/mol. The fraction of sp³-hybridized carbons (Fsp3) is 1.00. The molecule has 0 radical (unpaired) electrons. The molecule has 0 aromatic heterocycles. The van der Waals surface area contributed by atoms with E-state index >= 15 is 0 Å². The molecule has 1 rings (SSSR count). The van der Waals surface area contributed by atoms with Crippen molar-refractivity contribution in [3.63, 3.8) is 0 Å². The highest BCUT2D eigenvalue weighted by atomic mass is 79.9. The number of halogens is 1. The topological polar surface area (TPSA) is 9.23 Å². The summed E-state index contributed by atoms with van der Waals surface area (Å²) in [6.07, 6.45) is 2.95. The van der Waals surface area contributed by atoms with E-state index in [2.05, 4.69) is 22.9 Å². The molecule has 0 amide bonds. The van der Waals surface area contributed by atoms with Crippen LogP contribution in [0.25, 0.3) is 0 Å². The summed E-state index contributed by atoms with van der Waals surface area (Å²) in [5, 5.41) is 1.14. The summed E-state index contributed by atoms with van der Waals surface area (Å²) in [7, 11) is 0.